The van der Waals surface area contributed by atoms with Gasteiger partial charge in [-0.15, -0.1) is 0 Å². The van der Waals surface area contributed by atoms with Crippen LogP contribution in [0.2, 0.25) is 0 Å². The summed E-state index contributed by atoms with van der Waals surface area (Å²) in [5, 5.41) is 0. The number of hydrogen-bond donors (Lipinski definition) is 0. The third-order valence-corrected chi connectivity index (χ3v) is 3.62. The zero-order chi connectivity index (χ0) is 10.7. The molecule has 0 bridgehead atoms. The highest BCUT2D eigenvalue weighted by Gasteiger charge is 2.27. The Morgan fingerprint density at radius 1 is 1.14 bits per heavy atom. The lowest BCUT2D eigenvalue weighted by molar-refractivity contribution is 0.116. The maximum Gasteiger partial charge on any atom is 0.0123 e. The highest BCUT2D eigenvalue weighted by molar-refractivity contribution is 4.82. The van der Waals surface area contributed by atoms with E-state index >= 15 is 0 Å². The van der Waals surface area contributed by atoms with E-state index in [4.69, 9.17) is 0 Å². The smallest absolute Gasteiger partial charge is 0.0123 e. The summed E-state index contributed by atoms with van der Waals surface area (Å²) in [6.07, 6.45) is 4.21. The average molecular weight is 197 g/mol. The van der Waals surface area contributed by atoms with Crippen molar-refractivity contribution in [2.24, 2.45) is 11.8 Å². The van der Waals surface area contributed by atoms with Crippen molar-refractivity contribution in [2.45, 2.75) is 66.0 Å². The number of likely N-dealkylation sites (tertiary alicyclic amines) is 1. The van der Waals surface area contributed by atoms with Gasteiger partial charge in [0.05, 0.1) is 0 Å². The molecule has 1 nitrogen and oxygen atoms in total. The first-order valence-corrected chi connectivity index (χ1v) is 6.28. The molecule has 1 heterocycles. The second-order valence-corrected chi connectivity index (χ2v) is 5.63. The molecule has 14 heavy (non-hydrogen) atoms. The SMILES string of the molecule is CC1CCCN(C(C)C)C(C(C)C)C1. The number of nitrogens with zero attached hydrogens (tertiary/aromatic N) is 1. The second kappa shape index (κ2) is 5.16. The lowest BCUT2D eigenvalue weighted by Crippen LogP contribution is -2.43. The fourth-order valence-corrected chi connectivity index (χ4v) is 2.75. The van der Waals surface area contributed by atoms with E-state index in [9.17, 15) is 0 Å². The number of hydrogen-bond acceptors (Lipinski definition) is 1. The van der Waals surface area contributed by atoms with Crippen LogP contribution in [0.1, 0.15) is 53.9 Å². The molecule has 0 radical (unpaired) electrons. The molecule has 0 aliphatic carbocycles. The highest BCUT2D eigenvalue weighted by Crippen LogP contribution is 2.27. The van der Waals surface area contributed by atoms with Crippen molar-refractivity contribution in [1.29, 1.82) is 0 Å². The van der Waals surface area contributed by atoms with E-state index in [1.165, 1.54) is 25.8 Å². The van der Waals surface area contributed by atoms with Crippen molar-refractivity contribution in [3.63, 3.8) is 0 Å². The highest BCUT2D eigenvalue weighted by atomic mass is 15.2. The summed E-state index contributed by atoms with van der Waals surface area (Å²) < 4.78 is 0. The fourth-order valence-electron chi connectivity index (χ4n) is 2.75. The summed E-state index contributed by atoms with van der Waals surface area (Å²) in [7, 11) is 0. The predicted octanol–water partition coefficient (Wildman–Crippen LogP) is 3.54. The monoisotopic (exact) mass is 197 g/mol. The lowest BCUT2D eigenvalue weighted by Gasteiger charge is -2.36. The first kappa shape index (κ1) is 12.0. The van der Waals surface area contributed by atoms with Gasteiger partial charge in [0.1, 0.15) is 0 Å². The molecule has 0 aromatic heterocycles. The minimum Gasteiger partial charge on any atom is -0.298 e. The van der Waals surface area contributed by atoms with Crippen LogP contribution in [0, 0.1) is 11.8 Å². The Bertz CT molecular complexity index is 163. The van der Waals surface area contributed by atoms with E-state index in [1.54, 1.807) is 0 Å². The molecule has 1 fully saturated rings. The maximum atomic E-state index is 2.72. The van der Waals surface area contributed by atoms with Crippen LogP contribution in [-0.2, 0) is 0 Å². The minimum atomic E-state index is 0.715. The van der Waals surface area contributed by atoms with Gasteiger partial charge in [0, 0.05) is 12.1 Å². The molecule has 0 amide bonds. The van der Waals surface area contributed by atoms with Crippen LogP contribution >= 0.6 is 0 Å². The number of rotatable bonds is 2. The lowest BCUT2D eigenvalue weighted by atomic mass is 9.92. The molecule has 1 aliphatic heterocycles. The maximum absolute atomic E-state index is 2.72. The fraction of sp³-hybridized carbons (Fsp3) is 1.00. The summed E-state index contributed by atoms with van der Waals surface area (Å²) in [5.41, 5.74) is 0. The van der Waals surface area contributed by atoms with Gasteiger partial charge in [-0.2, -0.15) is 0 Å². The van der Waals surface area contributed by atoms with Gasteiger partial charge >= 0.3 is 0 Å². The third kappa shape index (κ3) is 2.98. The zero-order valence-corrected chi connectivity index (χ0v) is 10.6. The Balaban J connectivity index is 2.69. The molecule has 0 spiro atoms. The van der Waals surface area contributed by atoms with Crippen molar-refractivity contribution in [1.82, 2.24) is 4.90 Å². The molecule has 1 heteroatoms. The predicted molar refractivity (Wildman–Crippen MR) is 63.5 cm³/mol. The quantitative estimate of drug-likeness (QED) is 0.654. The normalized spacial score (nSPS) is 31.1. The van der Waals surface area contributed by atoms with Crippen LogP contribution in [0.4, 0.5) is 0 Å². The van der Waals surface area contributed by atoms with Crippen LogP contribution in [-0.4, -0.2) is 23.5 Å². The van der Waals surface area contributed by atoms with Crippen molar-refractivity contribution in [3.05, 3.63) is 0 Å². The van der Waals surface area contributed by atoms with Crippen LogP contribution in [0.15, 0.2) is 0 Å². The van der Waals surface area contributed by atoms with Crippen molar-refractivity contribution in [2.75, 3.05) is 6.54 Å². The van der Waals surface area contributed by atoms with Gasteiger partial charge in [-0.3, -0.25) is 4.90 Å². The van der Waals surface area contributed by atoms with Crippen LogP contribution in [0.3, 0.4) is 0 Å². The van der Waals surface area contributed by atoms with Gasteiger partial charge < -0.3 is 0 Å². The minimum absolute atomic E-state index is 0.715. The molecule has 0 saturated carbocycles. The Morgan fingerprint density at radius 3 is 2.29 bits per heavy atom. The summed E-state index contributed by atoms with van der Waals surface area (Å²) in [6, 6.07) is 1.53. The van der Waals surface area contributed by atoms with Crippen LogP contribution in [0.5, 0.6) is 0 Å². The molecule has 2 unspecified atom stereocenters. The summed E-state index contributed by atoms with van der Waals surface area (Å²) in [6.45, 7) is 13.1. The Morgan fingerprint density at radius 2 is 1.79 bits per heavy atom. The van der Waals surface area contributed by atoms with Gasteiger partial charge in [0.15, 0.2) is 0 Å². The van der Waals surface area contributed by atoms with E-state index < -0.39 is 0 Å². The summed E-state index contributed by atoms with van der Waals surface area (Å²) in [5.74, 6) is 1.73. The van der Waals surface area contributed by atoms with E-state index in [2.05, 4.69) is 39.5 Å². The van der Waals surface area contributed by atoms with Crippen LogP contribution < -0.4 is 0 Å². The Kier molecular flexibility index (Phi) is 4.43. The first-order chi connectivity index (χ1) is 6.52. The van der Waals surface area contributed by atoms with E-state index in [0.29, 0.717) is 6.04 Å². The standard InChI is InChI=1S/C13H27N/c1-10(2)13-9-12(5)7-6-8-14(13)11(3)4/h10-13H,6-9H2,1-5H3. The van der Waals surface area contributed by atoms with Gasteiger partial charge in [-0.25, -0.2) is 0 Å². The molecule has 0 aromatic carbocycles. The van der Waals surface area contributed by atoms with Gasteiger partial charge in [-0.05, 0) is 51.5 Å². The molecular formula is C13H27N. The second-order valence-electron chi connectivity index (χ2n) is 5.63. The first-order valence-electron chi connectivity index (χ1n) is 6.28. The molecule has 84 valence electrons. The molecule has 2 atom stereocenters. The largest absolute Gasteiger partial charge is 0.298 e. The molecule has 1 saturated heterocycles. The zero-order valence-electron chi connectivity index (χ0n) is 10.6. The van der Waals surface area contributed by atoms with Gasteiger partial charge in [0.2, 0.25) is 0 Å². The molecule has 1 aliphatic rings. The van der Waals surface area contributed by atoms with E-state index in [1.807, 2.05) is 0 Å². The Hall–Kier alpha value is -0.0400. The van der Waals surface area contributed by atoms with Gasteiger partial charge in [-0.1, -0.05) is 20.8 Å². The molecule has 0 N–H and O–H groups in total. The van der Waals surface area contributed by atoms with Crippen molar-refractivity contribution >= 4 is 0 Å². The van der Waals surface area contributed by atoms with Crippen LogP contribution in [0.25, 0.3) is 0 Å². The molecule has 1 rings (SSSR count). The van der Waals surface area contributed by atoms with Gasteiger partial charge in [0.25, 0.3) is 0 Å². The van der Waals surface area contributed by atoms with Crippen molar-refractivity contribution < 1.29 is 0 Å². The summed E-state index contributed by atoms with van der Waals surface area (Å²) >= 11 is 0. The van der Waals surface area contributed by atoms with Crippen molar-refractivity contribution in [3.8, 4) is 0 Å². The van der Waals surface area contributed by atoms with E-state index in [0.717, 1.165) is 17.9 Å². The average Bonchev–Trinajstić information content (AvgIpc) is 2.26. The molecular weight excluding hydrogens is 170 g/mol. The third-order valence-electron chi connectivity index (χ3n) is 3.62. The summed E-state index contributed by atoms with van der Waals surface area (Å²) in [4.78, 5) is 2.72. The van der Waals surface area contributed by atoms with E-state index in [-0.39, 0.29) is 0 Å². The molecule has 0 aromatic rings. The topological polar surface area (TPSA) is 3.24 Å². The Labute approximate surface area is 89.9 Å².